The number of aromatic nitrogens is 3. The molecule has 0 saturated heterocycles. The zero-order valence-electron chi connectivity index (χ0n) is 12.5. The van der Waals surface area contributed by atoms with Crippen LogP contribution in [0.15, 0.2) is 23.1 Å². The quantitative estimate of drug-likeness (QED) is 0.939. The van der Waals surface area contributed by atoms with E-state index >= 15 is 0 Å². The Morgan fingerprint density at radius 1 is 1.33 bits per heavy atom. The Morgan fingerprint density at radius 3 is 2.81 bits per heavy atom. The molecule has 1 aliphatic carbocycles. The van der Waals surface area contributed by atoms with Crippen LogP contribution in [0.1, 0.15) is 57.2 Å². The van der Waals surface area contributed by atoms with Crippen molar-refractivity contribution in [3.8, 4) is 0 Å². The topological polar surface area (TPSA) is 59.5 Å². The van der Waals surface area contributed by atoms with Crippen LogP contribution in [-0.4, -0.2) is 25.4 Å². The molecule has 0 radical (unpaired) electrons. The SMILES string of the molecule is CCCCc1cc(=O)n(C2CCC(O)CC2)c2ccnn12. The van der Waals surface area contributed by atoms with Crippen molar-refractivity contribution in [2.45, 2.75) is 64.0 Å². The first-order valence-electron chi connectivity index (χ1n) is 7.97. The van der Waals surface area contributed by atoms with Gasteiger partial charge in [-0.3, -0.25) is 9.36 Å². The number of rotatable bonds is 4. The average molecular weight is 289 g/mol. The highest BCUT2D eigenvalue weighted by atomic mass is 16.3. The van der Waals surface area contributed by atoms with Crippen molar-refractivity contribution in [2.24, 2.45) is 0 Å². The zero-order chi connectivity index (χ0) is 14.8. The van der Waals surface area contributed by atoms with Crippen molar-refractivity contribution >= 4 is 5.65 Å². The van der Waals surface area contributed by atoms with Gasteiger partial charge in [-0.05, 0) is 38.5 Å². The molecule has 114 valence electrons. The molecule has 0 spiro atoms. The molecule has 21 heavy (non-hydrogen) atoms. The van der Waals surface area contributed by atoms with Gasteiger partial charge in [0.1, 0.15) is 5.65 Å². The number of fused-ring (bicyclic) bond motifs is 1. The van der Waals surface area contributed by atoms with Crippen molar-refractivity contribution < 1.29 is 5.11 Å². The monoisotopic (exact) mass is 289 g/mol. The Labute approximate surface area is 124 Å². The van der Waals surface area contributed by atoms with Crippen LogP contribution in [0.25, 0.3) is 5.65 Å². The minimum absolute atomic E-state index is 0.0653. The van der Waals surface area contributed by atoms with E-state index in [-0.39, 0.29) is 17.7 Å². The van der Waals surface area contributed by atoms with E-state index in [1.165, 1.54) is 0 Å². The second-order valence-corrected chi connectivity index (χ2v) is 6.01. The lowest BCUT2D eigenvalue weighted by molar-refractivity contribution is 0.110. The van der Waals surface area contributed by atoms with Crippen molar-refractivity contribution in [3.05, 3.63) is 34.4 Å². The van der Waals surface area contributed by atoms with Gasteiger partial charge in [-0.1, -0.05) is 13.3 Å². The highest BCUT2D eigenvalue weighted by Gasteiger charge is 2.23. The summed E-state index contributed by atoms with van der Waals surface area (Å²) >= 11 is 0. The van der Waals surface area contributed by atoms with Gasteiger partial charge in [0, 0.05) is 23.9 Å². The lowest BCUT2D eigenvalue weighted by atomic mass is 9.93. The van der Waals surface area contributed by atoms with Gasteiger partial charge in [0.05, 0.1) is 12.3 Å². The van der Waals surface area contributed by atoms with Crippen LogP contribution in [0.5, 0.6) is 0 Å². The number of nitrogens with zero attached hydrogens (tertiary/aromatic N) is 3. The summed E-state index contributed by atoms with van der Waals surface area (Å²) < 4.78 is 3.77. The molecule has 0 unspecified atom stereocenters. The third-order valence-electron chi connectivity index (χ3n) is 4.49. The molecule has 2 heterocycles. The summed E-state index contributed by atoms with van der Waals surface area (Å²) in [4.78, 5) is 12.6. The van der Waals surface area contributed by atoms with E-state index in [0.717, 1.165) is 56.3 Å². The fourth-order valence-corrected chi connectivity index (χ4v) is 3.31. The summed E-state index contributed by atoms with van der Waals surface area (Å²) in [7, 11) is 0. The summed E-state index contributed by atoms with van der Waals surface area (Å²) in [6.45, 7) is 2.15. The van der Waals surface area contributed by atoms with Gasteiger partial charge in [0.2, 0.25) is 0 Å². The number of hydrogen-bond acceptors (Lipinski definition) is 3. The third kappa shape index (κ3) is 2.75. The van der Waals surface area contributed by atoms with E-state index in [2.05, 4.69) is 12.0 Å². The average Bonchev–Trinajstić information content (AvgIpc) is 2.95. The minimum atomic E-state index is -0.207. The first kappa shape index (κ1) is 14.3. The molecule has 1 saturated carbocycles. The van der Waals surface area contributed by atoms with E-state index in [9.17, 15) is 9.90 Å². The Bertz CT molecular complexity index is 666. The Morgan fingerprint density at radius 2 is 2.10 bits per heavy atom. The number of aliphatic hydroxyl groups is 1. The molecule has 0 atom stereocenters. The molecule has 0 amide bonds. The van der Waals surface area contributed by atoms with Crippen molar-refractivity contribution in [3.63, 3.8) is 0 Å². The molecular weight excluding hydrogens is 266 g/mol. The Hall–Kier alpha value is -1.62. The first-order chi connectivity index (χ1) is 10.2. The summed E-state index contributed by atoms with van der Waals surface area (Å²) in [6, 6.07) is 3.84. The van der Waals surface area contributed by atoms with Gasteiger partial charge in [0.15, 0.2) is 0 Å². The zero-order valence-corrected chi connectivity index (χ0v) is 12.5. The van der Waals surface area contributed by atoms with Crippen molar-refractivity contribution in [1.29, 1.82) is 0 Å². The first-order valence-corrected chi connectivity index (χ1v) is 7.97. The normalized spacial score (nSPS) is 22.8. The maximum Gasteiger partial charge on any atom is 0.254 e. The molecule has 3 rings (SSSR count). The predicted molar refractivity (Wildman–Crippen MR) is 81.6 cm³/mol. The summed E-state index contributed by atoms with van der Waals surface area (Å²) in [5, 5.41) is 14.0. The molecule has 2 aromatic heterocycles. The van der Waals surface area contributed by atoms with Crippen LogP contribution in [0, 0.1) is 0 Å². The molecule has 5 heteroatoms. The number of unbranched alkanes of at least 4 members (excludes halogenated alkanes) is 1. The van der Waals surface area contributed by atoms with E-state index < -0.39 is 0 Å². The molecular formula is C16H23N3O2. The molecule has 1 aliphatic rings. The van der Waals surface area contributed by atoms with Crippen molar-refractivity contribution in [2.75, 3.05) is 0 Å². The maximum absolute atomic E-state index is 12.6. The van der Waals surface area contributed by atoms with Crippen LogP contribution in [0.3, 0.4) is 0 Å². The van der Waals surface area contributed by atoms with E-state index in [0.29, 0.717) is 0 Å². The molecule has 0 aliphatic heterocycles. The summed E-state index contributed by atoms with van der Waals surface area (Å²) in [5.74, 6) is 0. The summed E-state index contributed by atoms with van der Waals surface area (Å²) in [6.07, 6.45) is 7.87. The van der Waals surface area contributed by atoms with Crippen LogP contribution in [0.2, 0.25) is 0 Å². The van der Waals surface area contributed by atoms with E-state index in [4.69, 9.17) is 0 Å². The summed E-state index contributed by atoms with van der Waals surface area (Å²) in [5.41, 5.74) is 1.94. The van der Waals surface area contributed by atoms with E-state index in [1.807, 2.05) is 15.1 Å². The second kappa shape index (κ2) is 6.02. The lowest BCUT2D eigenvalue weighted by Crippen LogP contribution is -2.31. The van der Waals surface area contributed by atoms with Gasteiger partial charge in [-0.25, -0.2) is 4.52 Å². The molecule has 1 fully saturated rings. The largest absolute Gasteiger partial charge is 0.393 e. The molecule has 0 bridgehead atoms. The van der Waals surface area contributed by atoms with Crippen LogP contribution >= 0.6 is 0 Å². The molecule has 2 aromatic rings. The standard InChI is InChI=1S/C16H23N3O2/c1-2-3-4-13-11-16(21)18(15-9-10-17-19(13)15)12-5-7-14(20)8-6-12/h9-12,14,20H,2-8H2,1H3. The molecule has 0 aromatic carbocycles. The van der Waals surface area contributed by atoms with E-state index in [1.54, 1.807) is 12.3 Å². The van der Waals surface area contributed by atoms with Gasteiger partial charge in [-0.2, -0.15) is 5.10 Å². The maximum atomic E-state index is 12.6. The van der Waals surface area contributed by atoms with Gasteiger partial charge < -0.3 is 5.11 Å². The smallest absolute Gasteiger partial charge is 0.254 e. The Balaban J connectivity index is 2.01. The van der Waals surface area contributed by atoms with Crippen LogP contribution in [0.4, 0.5) is 0 Å². The van der Waals surface area contributed by atoms with Crippen molar-refractivity contribution in [1.82, 2.24) is 14.2 Å². The van der Waals surface area contributed by atoms with Crippen LogP contribution in [-0.2, 0) is 6.42 Å². The van der Waals surface area contributed by atoms with Crippen LogP contribution < -0.4 is 5.56 Å². The Kier molecular flexibility index (Phi) is 4.10. The highest BCUT2D eigenvalue weighted by molar-refractivity contribution is 5.40. The van der Waals surface area contributed by atoms with Gasteiger partial charge in [-0.15, -0.1) is 0 Å². The fraction of sp³-hybridized carbons (Fsp3) is 0.625. The number of aliphatic hydroxyl groups excluding tert-OH is 1. The predicted octanol–water partition coefficient (Wildman–Crippen LogP) is 2.31. The molecule has 5 nitrogen and oxygen atoms in total. The number of hydrogen-bond donors (Lipinski definition) is 1. The number of aryl methyl sites for hydroxylation is 1. The lowest BCUT2D eigenvalue weighted by Gasteiger charge is -2.27. The minimum Gasteiger partial charge on any atom is -0.393 e. The fourth-order valence-electron chi connectivity index (χ4n) is 3.31. The highest BCUT2D eigenvalue weighted by Crippen LogP contribution is 2.28. The van der Waals surface area contributed by atoms with Gasteiger partial charge in [0.25, 0.3) is 5.56 Å². The third-order valence-corrected chi connectivity index (χ3v) is 4.49. The molecule has 1 N–H and O–H groups in total. The van der Waals surface area contributed by atoms with Gasteiger partial charge >= 0.3 is 0 Å². The second-order valence-electron chi connectivity index (χ2n) is 6.01.